The quantitative estimate of drug-likeness (QED) is 0.529. The maximum absolute atomic E-state index is 13.7. The van der Waals surface area contributed by atoms with Crippen LogP contribution in [0.25, 0.3) is 11.3 Å². The zero-order valence-electron chi connectivity index (χ0n) is 13.5. The molecule has 0 aliphatic heterocycles. The van der Waals surface area contributed by atoms with E-state index in [0.717, 1.165) is 31.9 Å². The van der Waals surface area contributed by atoms with Crippen molar-refractivity contribution in [2.75, 3.05) is 26.2 Å². The fourth-order valence-electron chi connectivity index (χ4n) is 2.27. The third-order valence-electron chi connectivity index (χ3n) is 3.60. The van der Waals surface area contributed by atoms with E-state index < -0.39 is 0 Å². The molecule has 0 saturated carbocycles. The second-order valence-electron chi connectivity index (χ2n) is 4.95. The Morgan fingerprint density at radius 2 is 1.74 bits per heavy atom. The Morgan fingerprint density at radius 1 is 1.04 bits per heavy atom. The number of nitrogens with one attached hydrogen (secondary N) is 1. The molecule has 23 heavy (non-hydrogen) atoms. The Balaban J connectivity index is 0.00000242. The topological polar surface area (TPSA) is 28.4 Å². The highest BCUT2D eigenvalue weighted by Gasteiger charge is 2.08. The highest BCUT2D eigenvalue weighted by molar-refractivity contribution is 5.58. The van der Waals surface area contributed by atoms with Gasteiger partial charge in [-0.2, -0.15) is 0 Å². The molecular weight excluding hydrogens is 338 g/mol. The zero-order chi connectivity index (χ0) is 15.1. The molecule has 130 valence electrons. The van der Waals surface area contributed by atoms with Gasteiger partial charge in [0.25, 0.3) is 0 Å². The summed E-state index contributed by atoms with van der Waals surface area (Å²) in [6.45, 7) is 9.06. The van der Waals surface area contributed by atoms with Crippen LogP contribution in [-0.2, 0) is 6.54 Å². The third kappa shape index (κ3) is 6.51. The first-order valence-electron chi connectivity index (χ1n) is 7.51. The normalized spacial score (nSPS) is 10.3. The van der Waals surface area contributed by atoms with Crippen molar-refractivity contribution < 1.29 is 33.6 Å². The first-order valence-corrected chi connectivity index (χ1v) is 7.51. The summed E-state index contributed by atoms with van der Waals surface area (Å²) >= 11 is 0. The van der Waals surface area contributed by atoms with E-state index in [4.69, 9.17) is 4.42 Å². The average Bonchev–Trinajstić information content (AvgIpc) is 2.96. The molecule has 1 aromatic carbocycles. The average molecular weight is 361 g/mol. The van der Waals surface area contributed by atoms with Gasteiger partial charge in [-0.1, -0.05) is 26.0 Å². The van der Waals surface area contributed by atoms with Crippen molar-refractivity contribution in [3.63, 3.8) is 0 Å². The number of rotatable bonds is 8. The van der Waals surface area contributed by atoms with E-state index in [1.807, 2.05) is 18.2 Å². The molecule has 0 unspecified atom stereocenters. The number of hydrogen-bond acceptors (Lipinski definition) is 3. The van der Waals surface area contributed by atoms with E-state index in [1.54, 1.807) is 12.1 Å². The van der Waals surface area contributed by atoms with Crippen LogP contribution in [0.5, 0.6) is 0 Å². The van der Waals surface area contributed by atoms with Crippen LogP contribution in [0, 0.1) is 5.82 Å². The van der Waals surface area contributed by atoms with Crippen molar-refractivity contribution in [3.8, 4) is 11.3 Å². The lowest BCUT2D eigenvalue weighted by molar-refractivity contribution is -0.001000. The fourth-order valence-corrected chi connectivity index (χ4v) is 2.27. The number of furan rings is 1. The molecule has 6 heteroatoms. The summed E-state index contributed by atoms with van der Waals surface area (Å²) in [6.07, 6.45) is 0. The Bertz CT molecular complexity index is 559. The van der Waals surface area contributed by atoms with Crippen LogP contribution in [0.2, 0.25) is 0 Å². The smallest absolute Gasteiger partial charge is 0.137 e. The number of hydrogen-bond donors (Lipinski definition) is 1. The number of halogens is 3. The first kappa shape index (κ1) is 21.9. The van der Waals surface area contributed by atoms with Crippen molar-refractivity contribution in [2.45, 2.75) is 20.4 Å². The molecule has 0 saturated heterocycles. The number of nitrogens with zero attached hydrogens (tertiary/aromatic N) is 1. The van der Waals surface area contributed by atoms with E-state index in [0.29, 0.717) is 17.9 Å². The molecule has 0 atom stereocenters. The monoisotopic (exact) mass is 360 g/mol. The van der Waals surface area contributed by atoms with E-state index >= 15 is 0 Å². The summed E-state index contributed by atoms with van der Waals surface area (Å²) in [5.74, 6) is 1.15. The molecule has 0 spiro atoms. The summed E-state index contributed by atoms with van der Waals surface area (Å²) in [5.41, 5.74) is 0.506. The molecule has 1 N–H and O–H groups in total. The lowest BCUT2D eigenvalue weighted by atomic mass is 10.1. The molecular formula is C17H23Cl2FN2O-2. The van der Waals surface area contributed by atoms with Gasteiger partial charge in [0, 0.05) is 13.1 Å². The maximum Gasteiger partial charge on any atom is 0.137 e. The van der Waals surface area contributed by atoms with Gasteiger partial charge >= 0.3 is 0 Å². The maximum atomic E-state index is 13.7. The molecule has 1 aromatic heterocycles. The minimum atomic E-state index is -0.257. The van der Waals surface area contributed by atoms with Crippen molar-refractivity contribution >= 4 is 0 Å². The number of benzene rings is 1. The second-order valence-corrected chi connectivity index (χ2v) is 4.95. The van der Waals surface area contributed by atoms with Crippen molar-refractivity contribution in [1.82, 2.24) is 10.2 Å². The molecule has 2 rings (SSSR count). The minimum absolute atomic E-state index is 0. The fraction of sp³-hybridized carbons (Fsp3) is 0.412. The predicted octanol–water partition coefficient (Wildman–Crippen LogP) is -2.47. The van der Waals surface area contributed by atoms with Crippen LogP contribution in [0.1, 0.15) is 19.6 Å². The van der Waals surface area contributed by atoms with Gasteiger partial charge < -0.3 is 39.4 Å². The van der Waals surface area contributed by atoms with E-state index in [2.05, 4.69) is 24.1 Å². The van der Waals surface area contributed by atoms with E-state index in [9.17, 15) is 4.39 Å². The lowest BCUT2D eigenvalue weighted by Gasteiger charge is -2.17. The zero-order valence-corrected chi connectivity index (χ0v) is 15.0. The van der Waals surface area contributed by atoms with Crippen LogP contribution < -0.4 is 30.1 Å². The lowest BCUT2D eigenvalue weighted by Crippen LogP contribution is -3.00. The molecule has 0 fully saturated rings. The van der Waals surface area contributed by atoms with Gasteiger partial charge in [-0.3, -0.25) is 0 Å². The Labute approximate surface area is 150 Å². The third-order valence-corrected chi connectivity index (χ3v) is 3.60. The van der Waals surface area contributed by atoms with Crippen LogP contribution in [0.15, 0.2) is 40.8 Å². The van der Waals surface area contributed by atoms with Crippen molar-refractivity contribution in [1.29, 1.82) is 0 Å². The van der Waals surface area contributed by atoms with Crippen LogP contribution in [-0.4, -0.2) is 31.1 Å². The Morgan fingerprint density at radius 3 is 2.39 bits per heavy atom. The van der Waals surface area contributed by atoms with Crippen LogP contribution >= 0.6 is 0 Å². The van der Waals surface area contributed by atoms with Gasteiger partial charge in [-0.05, 0) is 37.4 Å². The summed E-state index contributed by atoms with van der Waals surface area (Å²) in [5, 5.41) is 3.35. The SMILES string of the molecule is CCN(CC)CCNCc1ccc(-c2ccccc2F)o1.[Cl-].[Cl-]. The molecule has 0 radical (unpaired) electrons. The second kappa shape index (κ2) is 11.5. The van der Waals surface area contributed by atoms with Gasteiger partial charge in [-0.15, -0.1) is 0 Å². The van der Waals surface area contributed by atoms with E-state index in [-0.39, 0.29) is 30.6 Å². The summed E-state index contributed by atoms with van der Waals surface area (Å²) in [4.78, 5) is 2.36. The summed E-state index contributed by atoms with van der Waals surface area (Å²) in [7, 11) is 0. The highest BCUT2D eigenvalue weighted by Crippen LogP contribution is 2.24. The summed E-state index contributed by atoms with van der Waals surface area (Å²) in [6, 6.07) is 10.4. The van der Waals surface area contributed by atoms with E-state index in [1.165, 1.54) is 6.07 Å². The van der Waals surface area contributed by atoms with Gasteiger partial charge in [0.05, 0.1) is 12.1 Å². The predicted molar refractivity (Wildman–Crippen MR) is 83.6 cm³/mol. The van der Waals surface area contributed by atoms with Gasteiger partial charge in [0.2, 0.25) is 0 Å². The molecule has 0 aliphatic rings. The van der Waals surface area contributed by atoms with Crippen molar-refractivity contribution in [2.24, 2.45) is 0 Å². The van der Waals surface area contributed by atoms with Gasteiger partial charge in [0.15, 0.2) is 0 Å². The van der Waals surface area contributed by atoms with Gasteiger partial charge in [-0.25, -0.2) is 4.39 Å². The standard InChI is InChI=1S/C17H23FN2O.2ClH/c1-3-20(4-2)12-11-19-13-14-9-10-17(21-14)15-7-5-6-8-16(15)18;;/h5-10,19H,3-4,11-13H2,1-2H3;2*1H/p-2. The van der Waals surface area contributed by atoms with Gasteiger partial charge in [0.1, 0.15) is 17.3 Å². The Kier molecular flexibility index (Phi) is 10.9. The largest absolute Gasteiger partial charge is 1.00 e. The number of likely N-dealkylation sites (N-methyl/N-ethyl adjacent to an activating group) is 1. The summed E-state index contributed by atoms with van der Waals surface area (Å²) < 4.78 is 19.4. The molecule has 2 aromatic rings. The van der Waals surface area contributed by atoms with Crippen LogP contribution in [0.4, 0.5) is 4.39 Å². The minimum Gasteiger partial charge on any atom is -1.00 e. The van der Waals surface area contributed by atoms with Crippen molar-refractivity contribution in [3.05, 3.63) is 48.0 Å². The molecule has 0 aliphatic carbocycles. The molecule has 0 bridgehead atoms. The first-order chi connectivity index (χ1) is 10.2. The molecule has 0 amide bonds. The highest BCUT2D eigenvalue weighted by atomic mass is 35.5. The molecule has 3 nitrogen and oxygen atoms in total. The molecule has 1 heterocycles. The van der Waals surface area contributed by atoms with Crippen LogP contribution in [0.3, 0.4) is 0 Å². The Hall–Kier alpha value is -1.07.